The van der Waals surface area contributed by atoms with Crippen molar-refractivity contribution in [2.24, 2.45) is 34.5 Å². The van der Waals surface area contributed by atoms with Crippen molar-refractivity contribution < 1.29 is 23.5 Å². The monoisotopic (exact) mass is 557 g/mol. The van der Waals surface area contributed by atoms with Crippen molar-refractivity contribution in [3.63, 3.8) is 0 Å². The van der Waals surface area contributed by atoms with Gasteiger partial charge in [-0.3, -0.25) is 14.5 Å². The summed E-state index contributed by atoms with van der Waals surface area (Å²) in [4.78, 5) is 27.4. The van der Waals surface area contributed by atoms with Gasteiger partial charge in [-0.25, -0.2) is 0 Å². The third-order valence-corrected chi connectivity index (χ3v) is 13.7. The van der Waals surface area contributed by atoms with E-state index >= 15 is 0 Å². The Bertz CT molecular complexity index is 958. The lowest BCUT2D eigenvalue weighted by atomic mass is 9.44. The van der Waals surface area contributed by atoms with Gasteiger partial charge in [0.25, 0.3) is 0 Å². The molecule has 4 saturated carbocycles. The van der Waals surface area contributed by atoms with Crippen molar-refractivity contribution in [3.05, 3.63) is 0 Å². The van der Waals surface area contributed by atoms with E-state index in [1.54, 1.807) is 13.8 Å². The van der Waals surface area contributed by atoms with Crippen LogP contribution in [0, 0.1) is 34.5 Å². The molecule has 6 heteroatoms. The highest BCUT2D eigenvalue weighted by atomic mass is 16.5. The van der Waals surface area contributed by atoms with Gasteiger partial charge >= 0.3 is 11.9 Å². The average molecular weight is 558 g/mol. The van der Waals surface area contributed by atoms with Crippen LogP contribution in [0.4, 0.5) is 0 Å². The number of nitrogens with zero attached hydrogens (tertiary/aromatic N) is 2. The van der Waals surface area contributed by atoms with Crippen LogP contribution in [0.5, 0.6) is 0 Å². The summed E-state index contributed by atoms with van der Waals surface area (Å²) in [6, 6.07) is 0.796. The summed E-state index contributed by atoms with van der Waals surface area (Å²) in [5.41, 5.74) is 0.377. The molecule has 4 aliphatic carbocycles. The first-order chi connectivity index (χ1) is 19.0. The second kappa shape index (κ2) is 10.8. The molecule has 2 aliphatic heterocycles. The van der Waals surface area contributed by atoms with Crippen LogP contribution in [0.2, 0.25) is 0 Å². The number of quaternary nitrogens is 1. The number of likely N-dealkylation sites (N-methyl/N-ethyl adjacent to an activating group) is 1. The first-order valence-electron chi connectivity index (χ1n) is 17.0. The minimum atomic E-state index is -0.111. The van der Waals surface area contributed by atoms with Crippen LogP contribution in [0.3, 0.4) is 0 Å². The molecule has 4 unspecified atom stereocenters. The van der Waals surface area contributed by atoms with E-state index in [1.807, 2.05) is 0 Å². The molecule has 0 aromatic heterocycles. The lowest BCUT2D eigenvalue weighted by molar-refractivity contribution is -0.940. The van der Waals surface area contributed by atoms with Gasteiger partial charge < -0.3 is 14.0 Å². The van der Waals surface area contributed by atoms with Crippen LogP contribution in [0.1, 0.15) is 111 Å². The molecule has 0 radical (unpaired) electrons. The van der Waals surface area contributed by atoms with Gasteiger partial charge in [-0.1, -0.05) is 20.3 Å². The summed E-state index contributed by atoms with van der Waals surface area (Å²) < 4.78 is 13.5. The number of piperidine rings is 2. The zero-order valence-corrected chi connectivity index (χ0v) is 26.2. The number of fused-ring (bicyclic) bond motifs is 5. The molecule has 0 spiro atoms. The number of ether oxygens (including phenoxy) is 2. The molecule has 6 nitrogen and oxygen atoms in total. The normalized spacial score (nSPS) is 46.9. The maximum atomic E-state index is 12.5. The van der Waals surface area contributed by atoms with E-state index in [2.05, 4.69) is 25.8 Å². The second-order valence-corrected chi connectivity index (χ2v) is 15.8. The van der Waals surface area contributed by atoms with E-state index in [0.29, 0.717) is 35.3 Å². The van der Waals surface area contributed by atoms with Crippen LogP contribution < -0.4 is 0 Å². The molecule has 6 aliphatic rings. The summed E-state index contributed by atoms with van der Waals surface area (Å²) in [5, 5.41) is 0. The summed E-state index contributed by atoms with van der Waals surface area (Å²) in [5.74, 6) is 2.50. The second-order valence-electron chi connectivity index (χ2n) is 15.8. The Kier molecular flexibility index (Phi) is 7.85. The molecule has 0 aromatic rings. The summed E-state index contributed by atoms with van der Waals surface area (Å²) in [7, 11) is 2.47. The molecule has 10 atom stereocenters. The van der Waals surface area contributed by atoms with Gasteiger partial charge in [-0.2, -0.15) is 0 Å². The zero-order valence-electron chi connectivity index (χ0n) is 26.2. The Labute approximate surface area is 243 Å². The highest BCUT2D eigenvalue weighted by molar-refractivity contribution is 5.66. The predicted molar refractivity (Wildman–Crippen MR) is 156 cm³/mol. The summed E-state index contributed by atoms with van der Waals surface area (Å²) in [6.07, 6.45) is 16.3. The van der Waals surface area contributed by atoms with Crippen molar-refractivity contribution in [2.75, 3.05) is 33.2 Å². The minimum absolute atomic E-state index is 0.0466. The number of hydrogen-bond donors (Lipinski definition) is 0. The van der Waals surface area contributed by atoms with E-state index in [9.17, 15) is 9.59 Å². The van der Waals surface area contributed by atoms with Gasteiger partial charge in [0.05, 0.1) is 20.1 Å². The first-order valence-corrected chi connectivity index (χ1v) is 17.0. The predicted octanol–water partition coefficient (Wildman–Crippen LogP) is 5.97. The molecule has 2 heterocycles. The first kappa shape index (κ1) is 29.0. The third-order valence-electron chi connectivity index (χ3n) is 13.7. The van der Waals surface area contributed by atoms with Crippen molar-refractivity contribution in [1.29, 1.82) is 0 Å². The Balaban J connectivity index is 1.29. The van der Waals surface area contributed by atoms with Gasteiger partial charge in [0, 0.05) is 31.7 Å². The largest absolute Gasteiger partial charge is 0.461 e. The molecule has 0 bridgehead atoms. The smallest absolute Gasteiger partial charge is 0.303 e. The average Bonchev–Trinajstić information content (AvgIpc) is 3.21. The summed E-state index contributed by atoms with van der Waals surface area (Å²) in [6.45, 7) is 13.1. The quantitative estimate of drug-likeness (QED) is 0.315. The molecule has 6 fully saturated rings. The maximum Gasteiger partial charge on any atom is 0.303 e. The van der Waals surface area contributed by atoms with E-state index in [4.69, 9.17) is 9.47 Å². The Morgan fingerprint density at radius 3 is 2.15 bits per heavy atom. The lowest BCUT2D eigenvalue weighted by Crippen LogP contribution is -2.61. The minimum Gasteiger partial charge on any atom is -0.461 e. The number of esters is 2. The fourth-order valence-corrected chi connectivity index (χ4v) is 11.7. The topological polar surface area (TPSA) is 55.8 Å². The molecular weight excluding hydrogens is 500 g/mol. The Hall–Kier alpha value is -1.14. The summed E-state index contributed by atoms with van der Waals surface area (Å²) >= 11 is 0. The SMILES string of the molecule is CC(=O)OC1CC2CC[C@@H]3C(CC[C@@]4(C)C3C[C@H]([N+]3(C)CCCCC3)[C@@H]4OC(C)=O)[C@@]2(C)C[C@@H]1N1CCCCC1. The zero-order chi connectivity index (χ0) is 28.3. The molecule has 2 saturated heterocycles. The number of rotatable bonds is 4. The van der Waals surface area contributed by atoms with Crippen molar-refractivity contribution >= 4 is 11.9 Å². The van der Waals surface area contributed by atoms with Crippen LogP contribution in [0.25, 0.3) is 0 Å². The van der Waals surface area contributed by atoms with Gasteiger partial charge in [0.15, 0.2) is 6.10 Å². The van der Waals surface area contributed by atoms with Crippen molar-refractivity contribution in [3.8, 4) is 0 Å². The van der Waals surface area contributed by atoms with E-state index < -0.39 is 0 Å². The van der Waals surface area contributed by atoms with Gasteiger partial charge in [0.1, 0.15) is 12.1 Å². The highest BCUT2D eigenvalue weighted by Crippen LogP contribution is 2.67. The molecule has 0 aromatic carbocycles. The van der Waals surface area contributed by atoms with E-state index in [1.165, 1.54) is 90.1 Å². The van der Waals surface area contributed by atoms with Gasteiger partial charge in [0.2, 0.25) is 0 Å². The lowest BCUT2D eigenvalue weighted by Gasteiger charge is -2.62. The number of carbonyl (C=O) groups excluding carboxylic acids is 2. The standard InChI is InChI=1S/C34H57N2O4/c1-23(37)39-31-20-25-12-13-26-27(34(25,4)22-29(31)35-16-8-6-9-17-35)14-15-33(3)28(26)21-30(32(33)40-24(2)38)36(5)18-10-7-11-19-36/h25-32H,6-22H2,1-5H3/q+1/t25?,26-,27?,28?,29+,30+,31?,32+,33+,34+/m1/s1. The van der Waals surface area contributed by atoms with Crippen LogP contribution in [-0.2, 0) is 19.1 Å². The Morgan fingerprint density at radius 2 is 1.48 bits per heavy atom. The molecule has 40 heavy (non-hydrogen) atoms. The van der Waals surface area contributed by atoms with E-state index in [0.717, 1.165) is 29.9 Å². The Morgan fingerprint density at radius 1 is 0.800 bits per heavy atom. The number of hydrogen-bond acceptors (Lipinski definition) is 5. The number of carbonyl (C=O) groups is 2. The third kappa shape index (κ3) is 4.85. The fourth-order valence-electron chi connectivity index (χ4n) is 11.7. The van der Waals surface area contributed by atoms with Crippen LogP contribution in [-0.4, -0.2) is 78.8 Å². The molecule has 0 amide bonds. The maximum absolute atomic E-state index is 12.5. The highest BCUT2D eigenvalue weighted by Gasteiger charge is 2.67. The van der Waals surface area contributed by atoms with Crippen LogP contribution in [0.15, 0.2) is 0 Å². The molecular formula is C34H57N2O4+. The fraction of sp³-hybridized carbons (Fsp3) is 0.941. The number of likely N-dealkylation sites (tertiary alicyclic amines) is 2. The van der Waals surface area contributed by atoms with E-state index in [-0.39, 0.29) is 29.6 Å². The van der Waals surface area contributed by atoms with Gasteiger partial charge in [-0.05, 0) is 113 Å². The molecule has 0 N–H and O–H groups in total. The van der Waals surface area contributed by atoms with Crippen molar-refractivity contribution in [1.82, 2.24) is 4.90 Å². The molecule has 6 rings (SSSR count). The van der Waals surface area contributed by atoms with Crippen LogP contribution >= 0.6 is 0 Å². The van der Waals surface area contributed by atoms with Crippen molar-refractivity contribution in [2.45, 2.75) is 135 Å². The van der Waals surface area contributed by atoms with Gasteiger partial charge in [-0.15, -0.1) is 0 Å². The molecule has 226 valence electrons.